The number of hydrogen-bond acceptors (Lipinski definition) is 4. The van der Waals surface area contributed by atoms with Crippen molar-refractivity contribution in [3.05, 3.63) is 34.0 Å². The molecule has 2 heterocycles. The normalized spacial score (nSPS) is 10.4. The van der Waals surface area contributed by atoms with Crippen molar-refractivity contribution >= 4 is 17.2 Å². The fraction of sp³-hybridized carbons (Fsp3) is 0.364. The maximum absolute atomic E-state index is 11.6. The van der Waals surface area contributed by atoms with Crippen molar-refractivity contribution in [1.82, 2.24) is 20.5 Å². The highest BCUT2D eigenvalue weighted by Gasteiger charge is 2.10. The highest BCUT2D eigenvalue weighted by Crippen LogP contribution is 2.08. The van der Waals surface area contributed by atoms with Gasteiger partial charge in [0, 0.05) is 17.8 Å². The quantitative estimate of drug-likeness (QED) is 0.842. The third-order valence-electron chi connectivity index (χ3n) is 2.31. The Morgan fingerprint density at radius 2 is 2.47 bits per heavy atom. The third kappa shape index (κ3) is 3.13. The second-order valence-electron chi connectivity index (χ2n) is 3.54. The Hall–Kier alpha value is -1.69. The van der Waals surface area contributed by atoms with Crippen molar-refractivity contribution in [3.63, 3.8) is 0 Å². The van der Waals surface area contributed by atoms with Crippen LogP contribution in [0.25, 0.3) is 0 Å². The molecule has 2 rings (SSSR count). The average Bonchev–Trinajstić information content (AvgIpc) is 2.99. The summed E-state index contributed by atoms with van der Waals surface area (Å²) in [4.78, 5) is 17.0. The Labute approximate surface area is 103 Å². The van der Waals surface area contributed by atoms with Crippen molar-refractivity contribution in [3.8, 4) is 0 Å². The van der Waals surface area contributed by atoms with Crippen LogP contribution in [0.2, 0.25) is 0 Å². The lowest BCUT2D eigenvalue weighted by atomic mass is 10.3. The first-order valence-corrected chi connectivity index (χ1v) is 6.39. The van der Waals surface area contributed by atoms with Gasteiger partial charge in [0.25, 0.3) is 5.91 Å². The van der Waals surface area contributed by atoms with E-state index in [1.165, 1.54) is 4.88 Å². The molecule has 2 aromatic rings. The van der Waals surface area contributed by atoms with Crippen LogP contribution >= 0.6 is 11.3 Å². The van der Waals surface area contributed by atoms with E-state index in [1.807, 2.05) is 18.4 Å². The molecule has 0 aliphatic heterocycles. The molecule has 5 nitrogen and oxygen atoms in total. The smallest absolute Gasteiger partial charge is 0.290 e. The third-order valence-corrected chi connectivity index (χ3v) is 3.24. The largest absolute Gasteiger partial charge is 0.349 e. The van der Waals surface area contributed by atoms with Crippen molar-refractivity contribution < 1.29 is 4.79 Å². The lowest BCUT2D eigenvalue weighted by Gasteiger charge is -2.00. The van der Waals surface area contributed by atoms with Crippen molar-refractivity contribution in [2.24, 2.45) is 0 Å². The number of aryl methyl sites for hydroxylation is 1. The molecule has 0 bridgehead atoms. The minimum absolute atomic E-state index is 0.216. The van der Waals surface area contributed by atoms with Gasteiger partial charge in [-0.2, -0.15) is 0 Å². The molecule has 0 fully saturated rings. The van der Waals surface area contributed by atoms with Gasteiger partial charge in [0.05, 0.1) is 0 Å². The van der Waals surface area contributed by atoms with Crippen LogP contribution in [0.1, 0.15) is 28.2 Å². The summed E-state index contributed by atoms with van der Waals surface area (Å²) in [6.07, 6.45) is 1.59. The number of nitrogens with one attached hydrogen (secondary N) is 2. The zero-order chi connectivity index (χ0) is 12.1. The van der Waals surface area contributed by atoms with Crippen molar-refractivity contribution in [2.75, 3.05) is 6.54 Å². The highest BCUT2D eigenvalue weighted by atomic mass is 32.1. The molecule has 0 atom stereocenters. The summed E-state index contributed by atoms with van der Waals surface area (Å²) in [5.41, 5.74) is 0. The van der Waals surface area contributed by atoms with Crippen molar-refractivity contribution in [2.45, 2.75) is 19.8 Å². The van der Waals surface area contributed by atoms with E-state index < -0.39 is 0 Å². The number of nitrogens with zero attached hydrogens (tertiary/aromatic N) is 2. The summed E-state index contributed by atoms with van der Waals surface area (Å²) < 4.78 is 0. The van der Waals surface area contributed by atoms with E-state index in [-0.39, 0.29) is 11.7 Å². The number of carbonyl (C=O) groups excluding carboxylic acids is 1. The lowest BCUT2D eigenvalue weighted by Crippen LogP contribution is -2.26. The first-order valence-electron chi connectivity index (χ1n) is 5.51. The second-order valence-corrected chi connectivity index (χ2v) is 4.58. The van der Waals surface area contributed by atoms with Crippen molar-refractivity contribution in [1.29, 1.82) is 0 Å². The van der Waals surface area contributed by atoms with Crippen LogP contribution in [0.3, 0.4) is 0 Å². The van der Waals surface area contributed by atoms with E-state index in [0.29, 0.717) is 6.54 Å². The number of aromatic nitrogens is 3. The monoisotopic (exact) mass is 250 g/mol. The van der Waals surface area contributed by atoms with Crippen LogP contribution in [0.15, 0.2) is 17.5 Å². The van der Waals surface area contributed by atoms with Gasteiger partial charge in [0.1, 0.15) is 5.82 Å². The van der Waals surface area contributed by atoms with Crippen LogP contribution < -0.4 is 5.32 Å². The SMILES string of the molecule is CCc1nc(C(=O)NCCc2cccs2)n[nH]1. The van der Waals surface area contributed by atoms with E-state index in [9.17, 15) is 4.79 Å². The number of H-pyrrole nitrogens is 1. The fourth-order valence-corrected chi connectivity index (χ4v) is 2.10. The molecule has 17 heavy (non-hydrogen) atoms. The molecule has 2 N–H and O–H groups in total. The number of carbonyl (C=O) groups is 1. The van der Waals surface area contributed by atoms with Crippen LogP contribution in [0.4, 0.5) is 0 Å². The maximum Gasteiger partial charge on any atom is 0.290 e. The number of hydrogen-bond donors (Lipinski definition) is 2. The van der Waals surface area contributed by atoms with Gasteiger partial charge in [-0.1, -0.05) is 13.0 Å². The Balaban J connectivity index is 1.81. The molecule has 0 spiro atoms. The van der Waals surface area contributed by atoms with Gasteiger partial charge < -0.3 is 5.32 Å². The van der Waals surface area contributed by atoms with Crippen LogP contribution in [0.5, 0.6) is 0 Å². The van der Waals surface area contributed by atoms with Crippen LogP contribution in [-0.2, 0) is 12.8 Å². The fourth-order valence-electron chi connectivity index (χ4n) is 1.39. The molecule has 1 amide bonds. The topological polar surface area (TPSA) is 70.7 Å². The molecule has 6 heteroatoms. The number of amides is 1. The molecule has 0 saturated carbocycles. The van der Waals surface area contributed by atoms with Gasteiger partial charge in [-0.3, -0.25) is 9.89 Å². The van der Waals surface area contributed by atoms with E-state index in [1.54, 1.807) is 11.3 Å². The van der Waals surface area contributed by atoms with Gasteiger partial charge in [0.15, 0.2) is 0 Å². The average molecular weight is 250 g/mol. The molecule has 0 radical (unpaired) electrons. The van der Waals surface area contributed by atoms with Gasteiger partial charge in [-0.15, -0.1) is 16.4 Å². The molecule has 90 valence electrons. The Bertz CT molecular complexity index is 477. The summed E-state index contributed by atoms with van der Waals surface area (Å²) in [6.45, 7) is 2.56. The van der Waals surface area contributed by atoms with Crippen LogP contribution in [0, 0.1) is 0 Å². The maximum atomic E-state index is 11.6. The first-order chi connectivity index (χ1) is 8.29. The van der Waals surface area contributed by atoms with Gasteiger partial charge >= 0.3 is 0 Å². The molecule has 0 aliphatic rings. The van der Waals surface area contributed by atoms with Gasteiger partial charge in [-0.05, 0) is 17.9 Å². The summed E-state index contributed by atoms with van der Waals surface area (Å²) in [5, 5.41) is 11.4. The summed E-state index contributed by atoms with van der Waals surface area (Å²) in [6, 6.07) is 4.06. The van der Waals surface area contributed by atoms with E-state index in [2.05, 4.69) is 26.6 Å². The minimum atomic E-state index is -0.225. The summed E-state index contributed by atoms with van der Waals surface area (Å²) in [5.74, 6) is 0.721. The predicted molar refractivity (Wildman–Crippen MR) is 66.1 cm³/mol. The molecule has 2 aromatic heterocycles. The molecule has 0 unspecified atom stereocenters. The molecule has 0 aliphatic carbocycles. The summed E-state index contributed by atoms with van der Waals surface area (Å²) >= 11 is 1.69. The van der Waals surface area contributed by atoms with Gasteiger partial charge in [-0.25, -0.2) is 4.98 Å². The van der Waals surface area contributed by atoms with Gasteiger partial charge in [0.2, 0.25) is 5.82 Å². The first kappa shape index (κ1) is 11.8. The summed E-state index contributed by atoms with van der Waals surface area (Å²) in [7, 11) is 0. The minimum Gasteiger partial charge on any atom is -0.349 e. The zero-order valence-corrected chi connectivity index (χ0v) is 10.4. The zero-order valence-electron chi connectivity index (χ0n) is 9.56. The number of thiophene rings is 1. The Morgan fingerprint density at radius 3 is 3.12 bits per heavy atom. The molecular formula is C11H14N4OS. The van der Waals surface area contributed by atoms with Crippen LogP contribution in [-0.4, -0.2) is 27.6 Å². The molecule has 0 aromatic carbocycles. The van der Waals surface area contributed by atoms with E-state index in [4.69, 9.17) is 0 Å². The number of aromatic amines is 1. The van der Waals surface area contributed by atoms with E-state index >= 15 is 0 Å². The highest BCUT2D eigenvalue weighted by molar-refractivity contribution is 7.09. The predicted octanol–water partition coefficient (Wildman–Crippen LogP) is 1.40. The number of rotatable bonds is 5. The molecule has 0 saturated heterocycles. The Morgan fingerprint density at radius 1 is 1.59 bits per heavy atom. The second kappa shape index (κ2) is 5.58. The molecular weight excluding hydrogens is 236 g/mol. The Kier molecular flexibility index (Phi) is 3.87. The standard InChI is InChI=1S/C11H14N4OS/c1-2-9-13-10(15-14-9)11(16)12-6-5-8-4-3-7-17-8/h3-4,7H,2,5-6H2,1H3,(H,12,16)(H,13,14,15). The van der Waals surface area contributed by atoms with E-state index in [0.717, 1.165) is 18.7 Å². The lowest BCUT2D eigenvalue weighted by molar-refractivity contribution is 0.0944.